The first-order valence-corrected chi connectivity index (χ1v) is 12.9. The molecule has 2 atom stereocenters. The Kier molecular flexibility index (Phi) is 8.66. The van der Waals surface area contributed by atoms with Crippen molar-refractivity contribution in [1.29, 1.82) is 0 Å². The lowest BCUT2D eigenvalue weighted by atomic mass is 10.0. The Balaban J connectivity index is 1.66. The zero-order valence-corrected chi connectivity index (χ0v) is 22.2. The van der Waals surface area contributed by atoms with Crippen molar-refractivity contribution in [3.8, 4) is 12.3 Å². The number of benzene rings is 2. The number of halogens is 1. The molecular formula is C27H28BrN5O5. The first kappa shape index (κ1) is 27.2. The number of piperazine rings is 1. The van der Waals surface area contributed by atoms with Crippen LogP contribution in [0.3, 0.4) is 0 Å². The summed E-state index contributed by atoms with van der Waals surface area (Å²) in [4.78, 5) is 54.8. The Morgan fingerprint density at radius 2 is 1.84 bits per heavy atom. The van der Waals surface area contributed by atoms with Crippen LogP contribution in [0.25, 0.3) is 0 Å². The molecule has 0 radical (unpaired) electrons. The minimum atomic E-state index is -1.07. The Morgan fingerprint density at radius 1 is 1.11 bits per heavy atom. The number of amides is 4. The van der Waals surface area contributed by atoms with Gasteiger partial charge in [0, 0.05) is 24.0 Å². The second-order valence-corrected chi connectivity index (χ2v) is 10.0. The molecule has 198 valence electrons. The van der Waals surface area contributed by atoms with Gasteiger partial charge in [0.1, 0.15) is 12.2 Å². The van der Waals surface area contributed by atoms with E-state index < -0.39 is 24.2 Å². The predicted molar refractivity (Wildman–Crippen MR) is 142 cm³/mol. The van der Waals surface area contributed by atoms with Gasteiger partial charge in [-0.2, -0.15) is 5.01 Å². The second kappa shape index (κ2) is 12.1. The van der Waals surface area contributed by atoms with Gasteiger partial charge < -0.3 is 20.2 Å². The maximum absolute atomic E-state index is 13.6. The van der Waals surface area contributed by atoms with Gasteiger partial charge in [-0.3, -0.25) is 14.4 Å². The molecule has 4 rings (SSSR count). The van der Waals surface area contributed by atoms with Crippen molar-refractivity contribution in [2.75, 3.05) is 19.6 Å². The number of nitrogens with zero attached hydrogens (tertiary/aromatic N) is 4. The molecule has 0 aliphatic carbocycles. The molecule has 0 bridgehead atoms. The van der Waals surface area contributed by atoms with Crippen LogP contribution in [0, 0.1) is 12.3 Å². The van der Waals surface area contributed by atoms with Gasteiger partial charge >= 0.3 is 12.0 Å². The summed E-state index contributed by atoms with van der Waals surface area (Å²) in [6.07, 6.45) is 4.34. The lowest BCUT2D eigenvalue weighted by Crippen LogP contribution is -2.76. The fraction of sp³-hybridized carbons (Fsp3) is 0.333. The summed E-state index contributed by atoms with van der Waals surface area (Å²) in [7, 11) is 0. The number of aliphatic carboxylic acids is 1. The third kappa shape index (κ3) is 6.15. The molecule has 0 unspecified atom stereocenters. The molecule has 2 aromatic rings. The van der Waals surface area contributed by atoms with Gasteiger partial charge in [-0.25, -0.2) is 9.80 Å². The molecule has 38 heavy (non-hydrogen) atoms. The summed E-state index contributed by atoms with van der Waals surface area (Å²) >= 11 is 3.44. The summed E-state index contributed by atoms with van der Waals surface area (Å²) in [6.45, 7) is 0.329. The van der Waals surface area contributed by atoms with E-state index in [1.165, 1.54) is 14.9 Å². The molecular weight excluding hydrogens is 554 g/mol. The first-order valence-electron chi connectivity index (χ1n) is 12.1. The van der Waals surface area contributed by atoms with Crippen molar-refractivity contribution in [3.63, 3.8) is 0 Å². The number of hydrogen-bond acceptors (Lipinski definition) is 5. The third-order valence-electron chi connectivity index (χ3n) is 6.49. The van der Waals surface area contributed by atoms with Crippen molar-refractivity contribution >= 4 is 39.7 Å². The molecule has 2 N–H and O–H groups in total. The second-order valence-electron chi connectivity index (χ2n) is 9.09. The van der Waals surface area contributed by atoms with Crippen molar-refractivity contribution in [1.82, 2.24) is 25.1 Å². The van der Waals surface area contributed by atoms with Crippen molar-refractivity contribution in [2.45, 2.75) is 38.1 Å². The Hall–Kier alpha value is -3.88. The van der Waals surface area contributed by atoms with Crippen LogP contribution in [0.4, 0.5) is 4.79 Å². The highest BCUT2D eigenvalue weighted by Crippen LogP contribution is 2.29. The number of hydrogen-bond donors (Lipinski definition) is 2. The summed E-state index contributed by atoms with van der Waals surface area (Å²) in [5, 5.41) is 15.1. The topological polar surface area (TPSA) is 114 Å². The van der Waals surface area contributed by atoms with Crippen LogP contribution < -0.4 is 5.32 Å². The van der Waals surface area contributed by atoms with E-state index in [0.717, 1.165) is 15.6 Å². The summed E-state index contributed by atoms with van der Waals surface area (Å²) in [5.41, 5.74) is 1.74. The van der Waals surface area contributed by atoms with E-state index in [4.69, 9.17) is 6.42 Å². The molecule has 0 saturated carbocycles. The first-order chi connectivity index (χ1) is 18.3. The SMILES string of the molecule is C#CCN1CC(=O)N2[C@@H](CCC(=O)O)C(=O)N(Cc3cccc(Br)c3)C[C@@H]2N1C(=O)NCc1ccccc1. The fourth-order valence-corrected chi connectivity index (χ4v) is 5.27. The zero-order chi connectivity index (χ0) is 27.2. The standard InChI is InChI=1S/C27H28BrN5O5/c1-2-13-31-18-24(34)32-22(11-12-25(35)36)26(37)30(16-20-9-6-10-21(28)14-20)17-23(32)33(31)27(38)29-15-19-7-4-3-5-8-19/h1,3-10,14,22-23H,11-13,15-18H2,(H,29,38)(H,35,36)/t22-,23-/m0/s1. The Bertz CT molecular complexity index is 1250. The molecule has 0 spiro atoms. The molecule has 2 aliphatic heterocycles. The van der Waals surface area contributed by atoms with Gasteiger partial charge in [0.15, 0.2) is 0 Å². The lowest BCUT2D eigenvalue weighted by Gasteiger charge is -2.54. The smallest absolute Gasteiger partial charge is 0.334 e. The molecule has 2 aliphatic rings. The largest absolute Gasteiger partial charge is 0.481 e. The van der Waals surface area contributed by atoms with Crippen molar-refractivity contribution in [3.05, 3.63) is 70.2 Å². The van der Waals surface area contributed by atoms with Crippen LogP contribution in [0.2, 0.25) is 0 Å². The van der Waals surface area contributed by atoms with Crippen LogP contribution in [-0.4, -0.2) is 80.6 Å². The Morgan fingerprint density at radius 3 is 2.53 bits per heavy atom. The number of carboxylic acid groups (broad SMARTS) is 1. The van der Waals surface area contributed by atoms with Gasteiger partial charge in [0.05, 0.1) is 19.6 Å². The van der Waals surface area contributed by atoms with Gasteiger partial charge in [0.2, 0.25) is 11.8 Å². The van der Waals surface area contributed by atoms with Crippen LogP contribution in [0.5, 0.6) is 0 Å². The number of urea groups is 1. The summed E-state index contributed by atoms with van der Waals surface area (Å²) in [5.74, 6) is 0.683. The van der Waals surface area contributed by atoms with E-state index in [-0.39, 0.29) is 57.4 Å². The van der Waals surface area contributed by atoms with E-state index in [1.807, 2.05) is 54.6 Å². The van der Waals surface area contributed by atoms with E-state index in [9.17, 15) is 24.3 Å². The van der Waals surface area contributed by atoms with Gasteiger partial charge in [-0.15, -0.1) is 6.42 Å². The molecule has 10 nitrogen and oxygen atoms in total. The highest BCUT2D eigenvalue weighted by Gasteiger charge is 2.51. The molecule has 2 heterocycles. The van der Waals surface area contributed by atoms with Crippen LogP contribution >= 0.6 is 15.9 Å². The maximum Gasteiger partial charge on any atom is 0.334 e. The molecule has 2 saturated heterocycles. The van der Waals surface area contributed by atoms with Crippen molar-refractivity contribution < 1.29 is 24.3 Å². The highest BCUT2D eigenvalue weighted by atomic mass is 79.9. The minimum absolute atomic E-state index is 0.00814. The number of carboxylic acids is 1. The number of hydrazine groups is 1. The van der Waals surface area contributed by atoms with Crippen LogP contribution in [0.1, 0.15) is 24.0 Å². The monoisotopic (exact) mass is 581 g/mol. The minimum Gasteiger partial charge on any atom is -0.481 e. The van der Waals surface area contributed by atoms with E-state index in [0.29, 0.717) is 0 Å². The van der Waals surface area contributed by atoms with Crippen LogP contribution in [-0.2, 0) is 27.5 Å². The number of rotatable bonds is 8. The highest BCUT2D eigenvalue weighted by molar-refractivity contribution is 9.10. The Labute approximate surface area is 229 Å². The van der Waals surface area contributed by atoms with Gasteiger partial charge in [0.25, 0.3) is 0 Å². The van der Waals surface area contributed by atoms with Crippen LogP contribution in [0.15, 0.2) is 59.1 Å². The average Bonchev–Trinajstić information content (AvgIpc) is 2.88. The number of carbonyl (C=O) groups is 4. The lowest BCUT2D eigenvalue weighted by molar-refractivity contribution is -0.190. The quantitative estimate of drug-likeness (QED) is 0.462. The van der Waals surface area contributed by atoms with E-state index in [2.05, 4.69) is 27.2 Å². The molecule has 2 aromatic carbocycles. The molecule has 2 fully saturated rings. The third-order valence-corrected chi connectivity index (χ3v) is 6.99. The normalized spacial score (nSPS) is 19.6. The predicted octanol–water partition coefficient (Wildman–Crippen LogP) is 2.25. The number of terminal acetylenes is 1. The van der Waals surface area contributed by atoms with E-state index in [1.54, 1.807) is 4.90 Å². The maximum atomic E-state index is 13.6. The fourth-order valence-electron chi connectivity index (χ4n) is 4.83. The average molecular weight is 582 g/mol. The summed E-state index contributed by atoms with van der Waals surface area (Å²) in [6, 6.07) is 15.4. The number of fused-ring (bicyclic) bond motifs is 1. The number of nitrogens with one attached hydrogen (secondary N) is 1. The molecule has 0 aromatic heterocycles. The van der Waals surface area contributed by atoms with Crippen molar-refractivity contribution in [2.24, 2.45) is 0 Å². The molecule has 4 amide bonds. The molecule has 11 heteroatoms. The van der Waals surface area contributed by atoms with Gasteiger partial charge in [-0.1, -0.05) is 64.3 Å². The summed E-state index contributed by atoms with van der Waals surface area (Å²) < 4.78 is 0.846. The number of carbonyl (C=O) groups excluding carboxylic acids is 3. The van der Waals surface area contributed by atoms with E-state index >= 15 is 0 Å². The van der Waals surface area contributed by atoms with Gasteiger partial charge in [-0.05, 0) is 29.7 Å². The zero-order valence-electron chi connectivity index (χ0n) is 20.6.